The van der Waals surface area contributed by atoms with E-state index >= 15 is 0 Å². The molecular formula is C14H21ClFN. The minimum Gasteiger partial charge on any atom is -0.324 e. The number of halogens is 2. The average molecular weight is 258 g/mol. The van der Waals surface area contributed by atoms with Crippen molar-refractivity contribution in [2.75, 3.05) is 0 Å². The highest BCUT2D eigenvalue weighted by atomic mass is 35.5. The van der Waals surface area contributed by atoms with E-state index in [0.717, 1.165) is 25.7 Å². The Kier molecular flexibility index (Phi) is 5.93. The number of nitrogens with two attached hydrogens (primary N) is 1. The van der Waals surface area contributed by atoms with Gasteiger partial charge in [0, 0.05) is 16.6 Å². The minimum atomic E-state index is -0.290. The van der Waals surface area contributed by atoms with Gasteiger partial charge in [0.25, 0.3) is 0 Å². The van der Waals surface area contributed by atoms with E-state index in [2.05, 4.69) is 13.8 Å². The van der Waals surface area contributed by atoms with E-state index in [-0.39, 0.29) is 11.9 Å². The Hall–Kier alpha value is -0.600. The van der Waals surface area contributed by atoms with Crippen molar-refractivity contribution in [3.63, 3.8) is 0 Å². The van der Waals surface area contributed by atoms with Crippen LogP contribution in [0.2, 0.25) is 5.02 Å². The first-order chi connectivity index (χ1) is 8.10. The van der Waals surface area contributed by atoms with E-state index in [1.165, 1.54) is 6.07 Å². The first-order valence-corrected chi connectivity index (χ1v) is 6.68. The molecule has 3 heteroatoms. The minimum absolute atomic E-state index is 0.229. The monoisotopic (exact) mass is 257 g/mol. The Bertz CT molecular complexity index is 348. The molecule has 0 fully saturated rings. The third-order valence-electron chi connectivity index (χ3n) is 3.15. The second-order valence-electron chi connectivity index (χ2n) is 4.53. The first-order valence-electron chi connectivity index (χ1n) is 6.30. The largest absolute Gasteiger partial charge is 0.324 e. The zero-order valence-corrected chi connectivity index (χ0v) is 11.3. The lowest BCUT2D eigenvalue weighted by atomic mass is 9.86. The van der Waals surface area contributed by atoms with Crippen molar-refractivity contribution in [3.8, 4) is 0 Å². The predicted molar refractivity (Wildman–Crippen MR) is 71.6 cm³/mol. The summed E-state index contributed by atoms with van der Waals surface area (Å²) in [4.78, 5) is 0. The van der Waals surface area contributed by atoms with Crippen molar-refractivity contribution in [2.45, 2.75) is 45.6 Å². The Morgan fingerprint density at radius 1 is 1.24 bits per heavy atom. The van der Waals surface area contributed by atoms with Crippen molar-refractivity contribution in [1.29, 1.82) is 0 Å². The fraction of sp³-hybridized carbons (Fsp3) is 0.571. The molecule has 0 aliphatic rings. The molecule has 0 aliphatic carbocycles. The van der Waals surface area contributed by atoms with Gasteiger partial charge in [-0.05, 0) is 30.9 Å². The smallest absolute Gasteiger partial charge is 0.129 e. The molecule has 0 aromatic heterocycles. The van der Waals surface area contributed by atoms with Crippen molar-refractivity contribution < 1.29 is 4.39 Å². The lowest BCUT2D eigenvalue weighted by Gasteiger charge is -2.24. The van der Waals surface area contributed by atoms with E-state index < -0.39 is 0 Å². The molecule has 1 aromatic carbocycles. The maximum Gasteiger partial charge on any atom is 0.129 e. The van der Waals surface area contributed by atoms with E-state index in [1.54, 1.807) is 12.1 Å². The molecule has 0 aliphatic heterocycles. The molecule has 0 spiro atoms. The summed E-state index contributed by atoms with van der Waals surface area (Å²) < 4.78 is 13.8. The number of rotatable bonds is 6. The summed E-state index contributed by atoms with van der Waals surface area (Å²) in [6, 6.07) is 4.52. The maximum atomic E-state index is 13.8. The summed E-state index contributed by atoms with van der Waals surface area (Å²) in [6.07, 6.45) is 4.23. The van der Waals surface area contributed by atoms with Gasteiger partial charge in [0.2, 0.25) is 0 Å². The Balaban J connectivity index is 2.88. The lowest BCUT2D eigenvalue weighted by Crippen LogP contribution is -2.22. The normalized spacial score (nSPS) is 13.1. The summed E-state index contributed by atoms with van der Waals surface area (Å²) in [6.45, 7) is 4.27. The van der Waals surface area contributed by atoms with Gasteiger partial charge in [-0.15, -0.1) is 0 Å². The Morgan fingerprint density at radius 3 is 2.29 bits per heavy atom. The SMILES string of the molecule is CCCC(CCC)C(N)c1ccc(Cl)cc1F. The number of benzene rings is 1. The molecule has 1 atom stereocenters. The molecular weight excluding hydrogens is 237 g/mol. The molecule has 17 heavy (non-hydrogen) atoms. The van der Waals surface area contributed by atoms with Crippen LogP contribution in [-0.4, -0.2) is 0 Å². The summed E-state index contributed by atoms with van der Waals surface area (Å²) in [5.41, 5.74) is 6.76. The molecule has 0 radical (unpaired) electrons. The zero-order valence-electron chi connectivity index (χ0n) is 10.5. The van der Waals surface area contributed by atoms with Crippen LogP contribution in [0, 0.1) is 11.7 Å². The van der Waals surface area contributed by atoms with Gasteiger partial charge in [0.15, 0.2) is 0 Å². The molecule has 1 nitrogen and oxygen atoms in total. The molecule has 2 N–H and O–H groups in total. The third kappa shape index (κ3) is 3.97. The van der Waals surface area contributed by atoms with Crippen LogP contribution < -0.4 is 5.73 Å². The van der Waals surface area contributed by atoms with Gasteiger partial charge in [-0.3, -0.25) is 0 Å². The van der Waals surface area contributed by atoms with Gasteiger partial charge >= 0.3 is 0 Å². The molecule has 1 unspecified atom stereocenters. The lowest BCUT2D eigenvalue weighted by molar-refractivity contribution is 0.360. The van der Waals surface area contributed by atoms with Crippen molar-refractivity contribution in [1.82, 2.24) is 0 Å². The van der Waals surface area contributed by atoms with Crippen LogP contribution in [0.4, 0.5) is 4.39 Å². The standard InChI is InChI=1S/C14H21ClFN/c1-3-5-10(6-4-2)14(17)12-8-7-11(15)9-13(12)16/h7-10,14H,3-6,17H2,1-2H3. The Labute approximate surface area is 108 Å². The highest BCUT2D eigenvalue weighted by Gasteiger charge is 2.20. The van der Waals surface area contributed by atoms with E-state index in [9.17, 15) is 4.39 Å². The number of hydrogen-bond donors (Lipinski definition) is 1. The first kappa shape index (κ1) is 14.5. The van der Waals surface area contributed by atoms with Crippen molar-refractivity contribution in [3.05, 3.63) is 34.6 Å². The van der Waals surface area contributed by atoms with Crippen LogP contribution in [0.1, 0.15) is 51.1 Å². The van der Waals surface area contributed by atoms with E-state index in [1.807, 2.05) is 0 Å². The molecule has 1 rings (SSSR count). The highest BCUT2D eigenvalue weighted by molar-refractivity contribution is 6.30. The molecule has 0 saturated carbocycles. The molecule has 0 heterocycles. The number of hydrogen-bond acceptors (Lipinski definition) is 1. The van der Waals surface area contributed by atoms with Gasteiger partial charge < -0.3 is 5.73 Å². The predicted octanol–water partition coefficient (Wildman–Crippen LogP) is 4.70. The van der Waals surface area contributed by atoms with Gasteiger partial charge in [-0.25, -0.2) is 4.39 Å². The molecule has 0 amide bonds. The van der Waals surface area contributed by atoms with Crippen LogP contribution in [0.5, 0.6) is 0 Å². The second kappa shape index (κ2) is 6.97. The maximum absolute atomic E-state index is 13.8. The van der Waals surface area contributed by atoms with Crippen LogP contribution >= 0.6 is 11.6 Å². The molecule has 1 aromatic rings. The quantitative estimate of drug-likeness (QED) is 0.786. The summed E-state index contributed by atoms with van der Waals surface area (Å²) >= 11 is 5.74. The van der Waals surface area contributed by atoms with Gasteiger partial charge in [0.05, 0.1) is 0 Å². The Morgan fingerprint density at radius 2 is 1.82 bits per heavy atom. The van der Waals surface area contributed by atoms with E-state index in [4.69, 9.17) is 17.3 Å². The van der Waals surface area contributed by atoms with Crippen LogP contribution in [0.25, 0.3) is 0 Å². The summed E-state index contributed by atoms with van der Waals surface area (Å²) in [5.74, 6) is 0.0582. The van der Waals surface area contributed by atoms with Crippen LogP contribution in [0.3, 0.4) is 0 Å². The molecule has 0 saturated heterocycles. The van der Waals surface area contributed by atoms with Crippen LogP contribution in [0.15, 0.2) is 18.2 Å². The highest BCUT2D eigenvalue weighted by Crippen LogP contribution is 2.30. The van der Waals surface area contributed by atoms with Gasteiger partial charge in [-0.1, -0.05) is 44.4 Å². The summed E-state index contributed by atoms with van der Waals surface area (Å²) in [5, 5.41) is 0.418. The van der Waals surface area contributed by atoms with Gasteiger partial charge in [-0.2, -0.15) is 0 Å². The topological polar surface area (TPSA) is 26.0 Å². The van der Waals surface area contributed by atoms with Crippen molar-refractivity contribution >= 4 is 11.6 Å². The van der Waals surface area contributed by atoms with Crippen LogP contribution in [-0.2, 0) is 0 Å². The molecule has 0 bridgehead atoms. The fourth-order valence-electron chi connectivity index (χ4n) is 2.27. The fourth-order valence-corrected chi connectivity index (χ4v) is 2.43. The van der Waals surface area contributed by atoms with Crippen molar-refractivity contribution in [2.24, 2.45) is 11.7 Å². The molecule has 96 valence electrons. The van der Waals surface area contributed by atoms with Gasteiger partial charge in [0.1, 0.15) is 5.82 Å². The summed E-state index contributed by atoms with van der Waals surface area (Å²) in [7, 11) is 0. The zero-order chi connectivity index (χ0) is 12.8. The second-order valence-corrected chi connectivity index (χ2v) is 4.97. The third-order valence-corrected chi connectivity index (χ3v) is 3.38. The van der Waals surface area contributed by atoms with E-state index in [0.29, 0.717) is 16.5 Å². The average Bonchev–Trinajstić information content (AvgIpc) is 2.28.